The molecule has 4 rings (SSSR count). The Kier molecular flexibility index (Phi) is 4.70. The number of pyridine rings is 1. The molecular formula is C21H19F2N3O3. The van der Waals surface area contributed by atoms with E-state index >= 15 is 0 Å². The second kappa shape index (κ2) is 7.20. The second-order valence-electron chi connectivity index (χ2n) is 7.06. The van der Waals surface area contributed by atoms with Gasteiger partial charge in [0.25, 0.3) is 0 Å². The van der Waals surface area contributed by atoms with Crippen LogP contribution in [0.4, 0.5) is 20.2 Å². The first-order valence-corrected chi connectivity index (χ1v) is 9.17. The standard InChI is InChI=1S/C21H19F2N3O3/c1-24-12-16(21(28)29)20(27)15-10-17(23)19(11-18(15)24)26-8-6-25(7-9-26)14-4-2-13(22)3-5-14/h2-5,10-12H,6-9H2,1H3,(H,28,29). The molecule has 1 aromatic heterocycles. The van der Waals surface area contributed by atoms with Crippen LogP contribution in [-0.4, -0.2) is 41.8 Å². The van der Waals surface area contributed by atoms with Crippen LogP contribution in [0, 0.1) is 11.6 Å². The number of aromatic nitrogens is 1. The number of piperazine rings is 1. The molecule has 1 fully saturated rings. The van der Waals surface area contributed by atoms with Crippen molar-refractivity contribution in [2.45, 2.75) is 0 Å². The molecule has 6 nitrogen and oxygen atoms in total. The number of hydrogen-bond acceptors (Lipinski definition) is 4. The largest absolute Gasteiger partial charge is 0.477 e. The predicted octanol–water partition coefficient (Wildman–Crippen LogP) is 2.84. The van der Waals surface area contributed by atoms with Crippen molar-refractivity contribution < 1.29 is 18.7 Å². The van der Waals surface area contributed by atoms with Crippen LogP contribution < -0.4 is 15.2 Å². The minimum atomic E-state index is -1.34. The molecule has 150 valence electrons. The van der Waals surface area contributed by atoms with Gasteiger partial charge in [-0.3, -0.25) is 4.79 Å². The van der Waals surface area contributed by atoms with Gasteiger partial charge in [-0.15, -0.1) is 0 Å². The molecule has 0 radical (unpaired) electrons. The summed E-state index contributed by atoms with van der Waals surface area (Å²) in [6.07, 6.45) is 1.25. The van der Waals surface area contributed by atoms with Crippen LogP contribution in [0.15, 0.2) is 47.4 Å². The molecule has 0 unspecified atom stereocenters. The van der Waals surface area contributed by atoms with E-state index < -0.39 is 17.2 Å². The van der Waals surface area contributed by atoms with E-state index in [1.165, 1.54) is 22.9 Å². The van der Waals surface area contributed by atoms with Gasteiger partial charge in [-0.2, -0.15) is 0 Å². The number of anilines is 2. The molecule has 0 amide bonds. The number of rotatable bonds is 3. The van der Waals surface area contributed by atoms with Gasteiger partial charge in [0.2, 0.25) is 5.43 Å². The third kappa shape index (κ3) is 3.41. The number of carboxylic acids is 1. The maximum Gasteiger partial charge on any atom is 0.341 e. The zero-order valence-electron chi connectivity index (χ0n) is 15.7. The minimum absolute atomic E-state index is 0.0404. The van der Waals surface area contributed by atoms with Gasteiger partial charge >= 0.3 is 5.97 Å². The fourth-order valence-corrected chi connectivity index (χ4v) is 3.74. The van der Waals surface area contributed by atoms with Crippen LogP contribution in [0.25, 0.3) is 10.9 Å². The van der Waals surface area contributed by atoms with Crippen molar-refractivity contribution in [2.24, 2.45) is 7.05 Å². The number of benzene rings is 2. The Hall–Kier alpha value is -3.42. The number of fused-ring (bicyclic) bond motifs is 1. The SMILES string of the molecule is Cn1cc(C(=O)O)c(=O)c2cc(F)c(N3CCN(c4ccc(F)cc4)CC3)cc21. The molecule has 0 spiro atoms. The van der Waals surface area contributed by atoms with Crippen molar-refractivity contribution >= 4 is 28.2 Å². The molecule has 1 N–H and O–H groups in total. The van der Waals surface area contributed by atoms with Crippen LogP contribution in [0.5, 0.6) is 0 Å². The maximum absolute atomic E-state index is 14.8. The van der Waals surface area contributed by atoms with Crippen LogP contribution in [0.3, 0.4) is 0 Å². The summed E-state index contributed by atoms with van der Waals surface area (Å²) in [4.78, 5) is 27.6. The first-order chi connectivity index (χ1) is 13.8. The number of carbonyl (C=O) groups is 1. The number of carboxylic acid groups (broad SMARTS) is 1. The average Bonchev–Trinajstić information content (AvgIpc) is 2.71. The lowest BCUT2D eigenvalue weighted by Gasteiger charge is -2.37. The van der Waals surface area contributed by atoms with Gasteiger partial charge in [-0.1, -0.05) is 0 Å². The Bertz CT molecular complexity index is 1150. The highest BCUT2D eigenvalue weighted by molar-refractivity contribution is 5.93. The summed E-state index contributed by atoms with van der Waals surface area (Å²) in [6.45, 7) is 2.39. The number of hydrogen-bond donors (Lipinski definition) is 1. The lowest BCUT2D eigenvalue weighted by Crippen LogP contribution is -2.46. The summed E-state index contributed by atoms with van der Waals surface area (Å²) in [5.74, 6) is -2.19. The topological polar surface area (TPSA) is 65.8 Å². The van der Waals surface area contributed by atoms with Crippen molar-refractivity contribution in [1.29, 1.82) is 0 Å². The highest BCUT2D eigenvalue weighted by atomic mass is 19.1. The fourth-order valence-electron chi connectivity index (χ4n) is 3.74. The molecule has 2 aromatic carbocycles. The third-order valence-electron chi connectivity index (χ3n) is 5.30. The van der Waals surface area contributed by atoms with E-state index in [0.29, 0.717) is 37.4 Å². The molecule has 1 aliphatic heterocycles. The summed E-state index contributed by atoms with van der Waals surface area (Å²) in [6, 6.07) is 8.97. The summed E-state index contributed by atoms with van der Waals surface area (Å²) in [7, 11) is 1.63. The summed E-state index contributed by atoms with van der Waals surface area (Å²) < 4.78 is 29.5. The lowest BCUT2D eigenvalue weighted by atomic mass is 10.1. The Morgan fingerprint density at radius 1 is 1.00 bits per heavy atom. The molecule has 2 heterocycles. The zero-order valence-corrected chi connectivity index (χ0v) is 15.7. The van der Waals surface area contributed by atoms with Gasteiger partial charge in [-0.05, 0) is 36.4 Å². The van der Waals surface area contributed by atoms with Gasteiger partial charge in [0.05, 0.1) is 11.2 Å². The molecule has 0 saturated carbocycles. The van der Waals surface area contributed by atoms with Crippen LogP contribution >= 0.6 is 0 Å². The van der Waals surface area contributed by atoms with Gasteiger partial charge in [0.15, 0.2) is 0 Å². The van der Waals surface area contributed by atoms with Gasteiger partial charge in [0, 0.05) is 50.5 Å². The van der Waals surface area contributed by atoms with E-state index in [4.69, 9.17) is 0 Å². The van der Waals surface area contributed by atoms with E-state index in [1.54, 1.807) is 25.2 Å². The smallest absolute Gasteiger partial charge is 0.341 e. The molecule has 8 heteroatoms. The molecule has 29 heavy (non-hydrogen) atoms. The van der Waals surface area contributed by atoms with Crippen molar-refractivity contribution in [1.82, 2.24) is 4.57 Å². The lowest BCUT2D eigenvalue weighted by molar-refractivity contribution is 0.0695. The zero-order chi connectivity index (χ0) is 20.7. The fraction of sp³-hybridized carbons (Fsp3) is 0.238. The van der Waals surface area contributed by atoms with Gasteiger partial charge < -0.3 is 19.5 Å². The molecule has 0 aliphatic carbocycles. The molecular weight excluding hydrogens is 380 g/mol. The predicted molar refractivity (Wildman–Crippen MR) is 107 cm³/mol. The number of nitrogens with zero attached hydrogens (tertiary/aromatic N) is 3. The van der Waals surface area contributed by atoms with E-state index in [0.717, 1.165) is 11.8 Å². The Balaban J connectivity index is 1.63. The highest BCUT2D eigenvalue weighted by Gasteiger charge is 2.22. The van der Waals surface area contributed by atoms with E-state index in [-0.39, 0.29) is 16.8 Å². The Labute approximate surface area is 165 Å². The number of aromatic carboxylic acids is 1. The van der Waals surface area contributed by atoms with E-state index in [9.17, 15) is 23.5 Å². The molecule has 1 saturated heterocycles. The van der Waals surface area contributed by atoms with Crippen molar-refractivity contribution in [2.75, 3.05) is 36.0 Å². The maximum atomic E-state index is 14.8. The van der Waals surface area contributed by atoms with E-state index in [1.807, 2.05) is 4.90 Å². The quantitative estimate of drug-likeness (QED) is 0.734. The minimum Gasteiger partial charge on any atom is -0.477 e. The number of aryl methyl sites for hydroxylation is 1. The average molecular weight is 399 g/mol. The van der Waals surface area contributed by atoms with Crippen LogP contribution in [-0.2, 0) is 7.05 Å². The van der Waals surface area contributed by atoms with E-state index in [2.05, 4.69) is 4.90 Å². The molecule has 0 atom stereocenters. The Morgan fingerprint density at radius 3 is 2.24 bits per heavy atom. The molecule has 0 bridgehead atoms. The van der Waals surface area contributed by atoms with Crippen molar-refractivity contribution in [3.8, 4) is 0 Å². The summed E-state index contributed by atoms with van der Waals surface area (Å²) >= 11 is 0. The Morgan fingerprint density at radius 2 is 1.62 bits per heavy atom. The first kappa shape index (κ1) is 18.9. The summed E-state index contributed by atoms with van der Waals surface area (Å²) in [5.41, 5.74) is 0.664. The third-order valence-corrected chi connectivity index (χ3v) is 5.30. The molecule has 3 aromatic rings. The second-order valence-corrected chi connectivity index (χ2v) is 7.06. The highest BCUT2D eigenvalue weighted by Crippen LogP contribution is 2.27. The van der Waals surface area contributed by atoms with Crippen molar-refractivity contribution in [3.05, 3.63) is 70.0 Å². The van der Waals surface area contributed by atoms with Gasteiger partial charge in [0.1, 0.15) is 17.2 Å². The summed E-state index contributed by atoms with van der Waals surface area (Å²) in [5, 5.41) is 9.21. The van der Waals surface area contributed by atoms with Crippen LogP contribution in [0.2, 0.25) is 0 Å². The normalized spacial score (nSPS) is 14.4. The number of halogens is 2. The van der Waals surface area contributed by atoms with Gasteiger partial charge in [-0.25, -0.2) is 13.6 Å². The monoisotopic (exact) mass is 399 g/mol. The van der Waals surface area contributed by atoms with Crippen LogP contribution in [0.1, 0.15) is 10.4 Å². The molecule has 1 aliphatic rings. The van der Waals surface area contributed by atoms with Crippen molar-refractivity contribution in [3.63, 3.8) is 0 Å². The first-order valence-electron chi connectivity index (χ1n) is 9.17.